The standard InChI is InChI=1S/C2H5.FH.K.Y/c1-2;;;/h1H2,2H3;1H;;/q-1;;;. The average molecular weight is 177 g/mol. The molecule has 0 aliphatic carbocycles. The molecule has 0 nitrogen and oxygen atoms in total. The van der Waals surface area contributed by atoms with E-state index in [-0.39, 0.29) is 88.8 Å². The van der Waals surface area contributed by atoms with Gasteiger partial charge in [0.15, 0.2) is 0 Å². The number of hydrogen-bond acceptors (Lipinski definition) is 0. The van der Waals surface area contributed by atoms with Gasteiger partial charge in [0, 0.05) is 84.1 Å². The van der Waals surface area contributed by atoms with Crippen LogP contribution in [0.4, 0.5) is 4.70 Å². The summed E-state index contributed by atoms with van der Waals surface area (Å²) in [4.78, 5) is 0. The van der Waals surface area contributed by atoms with Crippen molar-refractivity contribution in [2.45, 2.75) is 6.92 Å². The molecule has 0 heterocycles. The second-order valence-corrected chi connectivity index (χ2v) is 0. The molecule has 0 atom stereocenters. The molecule has 0 amide bonds. The summed E-state index contributed by atoms with van der Waals surface area (Å²) in [6, 6.07) is 0. The first-order valence-corrected chi connectivity index (χ1v) is 0.707. The molecule has 0 unspecified atom stereocenters. The molecule has 0 fully saturated rings. The van der Waals surface area contributed by atoms with Crippen molar-refractivity contribution in [1.82, 2.24) is 0 Å². The summed E-state index contributed by atoms with van der Waals surface area (Å²) in [7, 11) is 0. The number of rotatable bonds is 0. The van der Waals surface area contributed by atoms with Crippen LogP contribution in [0.3, 0.4) is 0 Å². The predicted octanol–water partition coefficient (Wildman–Crippen LogP) is 0.610. The topological polar surface area (TPSA) is 0 Å². The van der Waals surface area contributed by atoms with E-state index in [4.69, 9.17) is 0 Å². The van der Waals surface area contributed by atoms with Crippen LogP contribution in [0.25, 0.3) is 0 Å². The first kappa shape index (κ1) is 25.3. The van der Waals surface area contributed by atoms with Crippen LogP contribution in [-0.4, -0.2) is 51.4 Å². The first-order valence-electron chi connectivity index (χ1n) is 0.707. The fourth-order valence-corrected chi connectivity index (χ4v) is 0. The van der Waals surface area contributed by atoms with Crippen LogP contribution in [0.5, 0.6) is 0 Å². The maximum absolute atomic E-state index is 3.25. The van der Waals surface area contributed by atoms with Crippen molar-refractivity contribution in [1.29, 1.82) is 0 Å². The van der Waals surface area contributed by atoms with Gasteiger partial charge in [0.1, 0.15) is 0 Å². The minimum Gasteiger partial charge on any atom is -0.346 e. The van der Waals surface area contributed by atoms with E-state index in [1.807, 2.05) is 0 Å². The second-order valence-electron chi connectivity index (χ2n) is 0. The second kappa shape index (κ2) is 30.1. The Bertz CT molecular complexity index is 9.61. The molecule has 0 bridgehead atoms. The summed E-state index contributed by atoms with van der Waals surface area (Å²) in [6.07, 6.45) is 0. The zero-order chi connectivity index (χ0) is 2.00. The predicted molar refractivity (Wildman–Crippen MR) is 19.3 cm³/mol. The smallest absolute Gasteiger partial charge is 0 e. The van der Waals surface area contributed by atoms with E-state index in [0.29, 0.717) is 0 Å². The normalized spacial score (nSPS) is 1.20. The number of hydrogen-bond donors (Lipinski definition) is 0. The van der Waals surface area contributed by atoms with Crippen molar-refractivity contribution in [3.63, 3.8) is 0 Å². The fraction of sp³-hybridized carbons (Fsp3) is 0.500. The van der Waals surface area contributed by atoms with Crippen molar-refractivity contribution in [3.8, 4) is 0 Å². The SMILES string of the molecule is F.[CH2-]C.[K].[Y]. The van der Waals surface area contributed by atoms with Gasteiger partial charge in [-0.05, 0) is 0 Å². The van der Waals surface area contributed by atoms with Crippen molar-refractivity contribution >= 4 is 51.4 Å². The van der Waals surface area contributed by atoms with Crippen molar-refractivity contribution < 1.29 is 37.4 Å². The van der Waals surface area contributed by atoms with Crippen LogP contribution < -0.4 is 0 Å². The van der Waals surface area contributed by atoms with Gasteiger partial charge in [-0.2, -0.15) is 6.92 Å². The van der Waals surface area contributed by atoms with Gasteiger partial charge in [-0.1, -0.05) is 0 Å². The molecule has 2 radical (unpaired) electrons. The molecule has 0 rings (SSSR count). The Morgan fingerprint density at radius 3 is 1.20 bits per heavy atom. The summed E-state index contributed by atoms with van der Waals surface area (Å²) in [5.74, 6) is 0. The van der Waals surface area contributed by atoms with E-state index < -0.39 is 0 Å². The van der Waals surface area contributed by atoms with Crippen LogP contribution in [0.1, 0.15) is 6.92 Å². The quantitative estimate of drug-likeness (QED) is 0.375. The molecule has 0 saturated heterocycles. The molecule has 26 valence electrons. The Kier molecular flexibility index (Phi) is 152. The van der Waals surface area contributed by atoms with Gasteiger partial charge in [0.05, 0.1) is 0 Å². The average Bonchev–Trinajstić information content (AvgIpc) is 1.00. The third-order valence-electron chi connectivity index (χ3n) is 0. The van der Waals surface area contributed by atoms with Gasteiger partial charge >= 0.3 is 0 Å². The Hall–Kier alpha value is 2.67. The van der Waals surface area contributed by atoms with Gasteiger partial charge in [-0.3, -0.25) is 4.70 Å². The molecule has 0 aromatic heterocycles. The first-order chi connectivity index (χ1) is 1.00. The molecular formula is C2H6FKY-. The monoisotopic (exact) mass is 177 g/mol. The molecule has 3 heteroatoms. The van der Waals surface area contributed by atoms with E-state index in [9.17, 15) is 0 Å². The van der Waals surface area contributed by atoms with Gasteiger partial charge in [-0.25, -0.2) is 0 Å². The van der Waals surface area contributed by atoms with Crippen LogP contribution in [0.15, 0.2) is 0 Å². The molecule has 0 aromatic carbocycles. The zero-order valence-electron chi connectivity index (χ0n) is 3.69. The van der Waals surface area contributed by atoms with Crippen LogP contribution in [0.2, 0.25) is 0 Å². The van der Waals surface area contributed by atoms with E-state index >= 15 is 0 Å². The van der Waals surface area contributed by atoms with Crippen molar-refractivity contribution in [3.05, 3.63) is 6.92 Å². The molecule has 0 spiro atoms. The zero-order valence-corrected chi connectivity index (χ0v) is 9.65. The molecule has 0 N–H and O–H groups in total. The molecule has 0 aliphatic heterocycles. The van der Waals surface area contributed by atoms with Gasteiger partial charge in [-0.15, -0.1) is 0 Å². The minimum atomic E-state index is 0. The summed E-state index contributed by atoms with van der Waals surface area (Å²) in [6.45, 7) is 5.00. The fourth-order valence-electron chi connectivity index (χ4n) is 0. The minimum absolute atomic E-state index is 0. The molecular weight excluding hydrogens is 171 g/mol. The maximum Gasteiger partial charge on any atom is 0 e. The Balaban J connectivity index is -0.00000000167. The Morgan fingerprint density at radius 1 is 1.20 bits per heavy atom. The summed E-state index contributed by atoms with van der Waals surface area (Å²) in [5, 5.41) is 0. The van der Waals surface area contributed by atoms with Crippen molar-refractivity contribution in [2.24, 2.45) is 0 Å². The van der Waals surface area contributed by atoms with Gasteiger partial charge in [0.2, 0.25) is 0 Å². The molecule has 5 heavy (non-hydrogen) atoms. The van der Waals surface area contributed by atoms with E-state index in [2.05, 4.69) is 6.92 Å². The molecule has 0 saturated carbocycles. The summed E-state index contributed by atoms with van der Waals surface area (Å²) < 4.78 is 0. The van der Waals surface area contributed by atoms with Gasteiger partial charge in [0.25, 0.3) is 0 Å². The molecule has 0 aliphatic rings. The van der Waals surface area contributed by atoms with Gasteiger partial charge < -0.3 is 6.92 Å². The van der Waals surface area contributed by atoms with Crippen LogP contribution >= 0.6 is 0 Å². The van der Waals surface area contributed by atoms with Crippen LogP contribution in [-0.2, 0) is 32.7 Å². The van der Waals surface area contributed by atoms with E-state index in [1.54, 1.807) is 6.92 Å². The summed E-state index contributed by atoms with van der Waals surface area (Å²) >= 11 is 0. The van der Waals surface area contributed by atoms with E-state index in [0.717, 1.165) is 0 Å². The molecule has 0 aromatic rings. The largest absolute Gasteiger partial charge is 0.346 e. The third kappa shape index (κ3) is 20.4. The Morgan fingerprint density at radius 2 is 1.20 bits per heavy atom. The number of halogens is 1. The summed E-state index contributed by atoms with van der Waals surface area (Å²) in [5.41, 5.74) is 0. The van der Waals surface area contributed by atoms with Crippen molar-refractivity contribution in [2.75, 3.05) is 0 Å². The van der Waals surface area contributed by atoms with E-state index in [1.165, 1.54) is 0 Å². The Labute approximate surface area is 100 Å². The van der Waals surface area contributed by atoms with Crippen LogP contribution in [0, 0.1) is 6.92 Å². The third-order valence-corrected chi connectivity index (χ3v) is 0. The maximum atomic E-state index is 3.25.